The van der Waals surface area contributed by atoms with E-state index in [1.165, 1.54) is 12.1 Å². The highest BCUT2D eigenvalue weighted by molar-refractivity contribution is 6.31. The number of hydrogen-bond donors (Lipinski definition) is 1. The number of halogens is 5. The molecule has 1 aromatic rings. The van der Waals surface area contributed by atoms with Crippen LogP contribution in [0, 0.1) is 0 Å². The predicted molar refractivity (Wildman–Crippen MR) is 68.3 cm³/mol. The average Bonchev–Trinajstić information content (AvgIpc) is 2.28. The van der Waals surface area contributed by atoms with Crippen LogP contribution in [0.3, 0.4) is 0 Å². The quantitative estimate of drug-likeness (QED) is 0.799. The minimum absolute atomic E-state index is 0. The number of alkyl halides is 3. The molecule has 0 saturated carbocycles. The van der Waals surface area contributed by atoms with Gasteiger partial charge in [0.2, 0.25) is 0 Å². The Kier molecular flexibility index (Phi) is 5.32. The van der Waals surface area contributed by atoms with Crippen LogP contribution in [0.4, 0.5) is 13.2 Å². The second-order valence-electron chi connectivity index (χ2n) is 4.24. The summed E-state index contributed by atoms with van der Waals surface area (Å²) in [5.41, 5.74) is 0.0708. The highest BCUT2D eigenvalue weighted by Crippen LogP contribution is 2.36. The highest BCUT2D eigenvalue weighted by atomic mass is 35.5. The van der Waals surface area contributed by atoms with Crippen LogP contribution in [0.25, 0.3) is 0 Å². The van der Waals surface area contributed by atoms with Gasteiger partial charge in [0.05, 0.1) is 10.6 Å². The summed E-state index contributed by atoms with van der Waals surface area (Å²) in [4.78, 5) is 0. The Labute approximate surface area is 115 Å². The van der Waals surface area contributed by atoms with Crippen LogP contribution in [0.1, 0.15) is 36.4 Å². The number of piperidine rings is 1. The van der Waals surface area contributed by atoms with Gasteiger partial charge in [-0.05, 0) is 37.1 Å². The van der Waals surface area contributed by atoms with Crippen molar-refractivity contribution < 1.29 is 13.2 Å². The van der Waals surface area contributed by atoms with E-state index >= 15 is 0 Å². The first-order valence-electron chi connectivity index (χ1n) is 5.58. The first kappa shape index (κ1) is 15.6. The molecule has 0 aliphatic carbocycles. The zero-order valence-electron chi connectivity index (χ0n) is 9.56. The molecule has 1 nitrogen and oxygen atoms in total. The number of benzene rings is 1. The van der Waals surface area contributed by atoms with Gasteiger partial charge >= 0.3 is 6.18 Å². The molecule has 2 rings (SSSR count). The van der Waals surface area contributed by atoms with Gasteiger partial charge in [-0.1, -0.05) is 24.1 Å². The van der Waals surface area contributed by atoms with Crippen molar-refractivity contribution in [2.45, 2.75) is 31.5 Å². The molecule has 1 N–H and O–H groups in total. The smallest absolute Gasteiger partial charge is 0.310 e. The fourth-order valence-electron chi connectivity index (χ4n) is 2.11. The Morgan fingerprint density at radius 1 is 1.22 bits per heavy atom. The van der Waals surface area contributed by atoms with E-state index in [1.54, 1.807) is 0 Å². The Hall–Kier alpha value is -0.450. The predicted octanol–water partition coefficient (Wildman–Crippen LogP) is 4.60. The summed E-state index contributed by atoms with van der Waals surface area (Å²) in [5.74, 6) is 0. The van der Waals surface area contributed by atoms with E-state index in [9.17, 15) is 13.2 Å². The van der Waals surface area contributed by atoms with Crippen molar-refractivity contribution in [1.29, 1.82) is 0 Å². The highest BCUT2D eigenvalue weighted by Gasteiger charge is 2.33. The van der Waals surface area contributed by atoms with Crippen LogP contribution in [-0.2, 0) is 6.18 Å². The van der Waals surface area contributed by atoms with E-state index in [0.29, 0.717) is 0 Å². The molecule has 18 heavy (non-hydrogen) atoms. The summed E-state index contributed by atoms with van der Waals surface area (Å²) in [7, 11) is 0. The fourth-order valence-corrected chi connectivity index (χ4v) is 2.41. The summed E-state index contributed by atoms with van der Waals surface area (Å²) in [6.07, 6.45) is -1.22. The largest absolute Gasteiger partial charge is 0.417 e. The van der Waals surface area contributed by atoms with Gasteiger partial charge in [0, 0.05) is 6.04 Å². The maximum Gasteiger partial charge on any atom is 0.417 e. The third kappa shape index (κ3) is 3.53. The summed E-state index contributed by atoms with van der Waals surface area (Å²) in [5, 5.41) is 3.06. The van der Waals surface area contributed by atoms with E-state index in [2.05, 4.69) is 5.32 Å². The number of hydrogen-bond acceptors (Lipinski definition) is 1. The van der Waals surface area contributed by atoms with Gasteiger partial charge in [-0.25, -0.2) is 0 Å². The second-order valence-corrected chi connectivity index (χ2v) is 4.65. The summed E-state index contributed by atoms with van der Waals surface area (Å²) in [6, 6.07) is 4.13. The van der Waals surface area contributed by atoms with Crippen LogP contribution in [-0.4, -0.2) is 6.54 Å². The molecule has 1 aliphatic rings. The molecular formula is C12H14Cl2F3N. The Morgan fingerprint density at radius 2 is 1.94 bits per heavy atom. The van der Waals surface area contributed by atoms with Crippen molar-refractivity contribution in [2.24, 2.45) is 0 Å². The molecule has 1 saturated heterocycles. The lowest BCUT2D eigenvalue weighted by molar-refractivity contribution is -0.137. The Balaban J connectivity index is 0.00000162. The van der Waals surface area contributed by atoms with Crippen LogP contribution in [0.5, 0.6) is 0 Å². The van der Waals surface area contributed by atoms with Crippen molar-refractivity contribution in [2.75, 3.05) is 6.54 Å². The molecule has 0 spiro atoms. The van der Waals surface area contributed by atoms with Crippen LogP contribution in [0.2, 0.25) is 5.02 Å². The van der Waals surface area contributed by atoms with Gasteiger partial charge in [-0.3, -0.25) is 0 Å². The van der Waals surface area contributed by atoms with Gasteiger partial charge in [0.25, 0.3) is 0 Å². The molecule has 0 bridgehead atoms. The summed E-state index contributed by atoms with van der Waals surface area (Å²) < 4.78 is 37.6. The molecule has 0 radical (unpaired) electrons. The van der Waals surface area contributed by atoms with Crippen LogP contribution in [0.15, 0.2) is 18.2 Å². The average molecular weight is 300 g/mol. The molecule has 0 amide bonds. The van der Waals surface area contributed by atoms with E-state index in [0.717, 1.165) is 37.4 Å². The van der Waals surface area contributed by atoms with E-state index in [-0.39, 0.29) is 23.5 Å². The van der Waals surface area contributed by atoms with E-state index in [1.807, 2.05) is 0 Å². The molecule has 1 aliphatic heterocycles. The lowest BCUT2D eigenvalue weighted by Gasteiger charge is -2.24. The standard InChI is InChI=1S/C12H13ClF3N.ClH/c13-10-7-8(11-3-1-2-6-17-11)4-5-9(10)12(14,15)16;/h4-5,7,11,17H,1-3,6H2;1H/t11-;/m0./s1. The van der Waals surface area contributed by atoms with Crippen LogP contribution >= 0.6 is 24.0 Å². The zero-order chi connectivity index (χ0) is 12.5. The zero-order valence-corrected chi connectivity index (χ0v) is 11.1. The van der Waals surface area contributed by atoms with Crippen molar-refractivity contribution in [3.8, 4) is 0 Å². The van der Waals surface area contributed by atoms with Gasteiger partial charge in [-0.15, -0.1) is 12.4 Å². The molecule has 102 valence electrons. The third-order valence-electron chi connectivity index (χ3n) is 3.01. The number of nitrogens with one attached hydrogen (secondary N) is 1. The topological polar surface area (TPSA) is 12.0 Å². The Morgan fingerprint density at radius 3 is 2.44 bits per heavy atom. The normalized spacial score (nSPS) is 20.3. The molecule has 0 aromatic heterocycles. The Bertz CT molecular complexity index is 401. The molecule has 1 aromatic carbocycles. The summed E-state index contributed by atoms with van der Waals surface area (Å²) >= 11 is 5.69. The molecule has 1 fully saturated rings. The second kappa shape index (κ2) is 6.13. The molecule has 1 heterocycles. The van der Waals surface area contributed by atoms with Gasteiger partial charge in [0.15, 0.2) is 0 Å². The minimum Gasteiger partial charge on any atom is -0.310 e. The molecular weight excluding hydrogens is 286 g/mol. The first-order valence-corrected chi connectivity index (χ1v) is 5.96. The monoisotopic (exact) mass is 299 g/mol. The van der Waals surface area contributed by atoms with Crippen molar-refractivity contribution in [3.05, 3.63) is 34.3 Å². The van der Waals surface area contributed by atoms with E-state index in [4.69, 9.17) is 11.6 Å². The molecule has 6 heteroatoms. The van der Waals surface area contributed by atoms with Crippen molar-refractivity contribution >= 4 is 24.0 Å². The van der Waals surface area contributed by atoms with Crippen LogP contribution < -0.4 is 5.32 Å². The minimum atomic E-state index is -4.38. The van der Waals surface area contributed by atoms with Gasteiger partial charge in [-0.2, -0.15) is 13.2 Å². The third-order valence-corrected chi connectivity index (χ3v) is 3.32. The van der Waals surface area contributed by atoms with Crippen molar-refractivity contribution in [3.63, 3.8) is 0 Å². The SMILES string of the molecule is Cl.FC(F)(F)c1ccc([C@@H]2CCCCN2)cc1Cl. The van der Waals surface area contributed by atoms with E-state index < -0.39 is 11.7 Å². The van der Waals surface area contributed by atoms with Gasteiger partial charge < -0.3 is 5.32 Å². The molecule has 0 unspecified atom stereocenters. The molecule has 1 atom stereocenters. The first-order chi connectivity index (χ1) is 7.98. The maximum atomic E-state index is 12.5. The lowest BCUT2D eigenvalue weighted by atomic mass is 9.96. The number of rotatable bonds is 1. The van der Waals surface area contributed by atoms with Crippen molar-refractivity contribution in [1.82, 2.24) is 5.32 Å². The fraction of sp³-hybridized carbons (Fsp3) is 0.500. The summed E-state index contributed by atoms with van der Waals surface area (Å²) in [6.45, 7) is 0.906. The lowest BCUT2D eigenvalue weighted by Crippen LogP contribution is -2.26. The maximum absolute atomic E-state index is 12.5. The van der Waals surface area contributed by atoms with Gasteiger partial charge in [0.1, 0.15) is 0 Å².